The first kappa shape index (κ1) is 14.3. The summed E-state index contributed by atoms with van der Waals surface area (Å²) in [5.41, 5.74) is 6.48. The van der Waals surface area contributed by atoms with Crippen LogP contribution in [0.5, 0.6) is 0 Å². The van der Waals surface area contributed by atoms with Gasteiger partial charge in [-0.3, -0.25) is 0 Å². The first-order valence-corrected chi connectivity index (χ1v) is 4.71. The molecule has 0 saturated heterocycles. The van der Waals surface area contributed by atoms with Gasteiger partial charge in [0.2, 0.25) is 0 Å². The Kier molecular flexibility index (Phi) is 5.76. The number of halogens is 3. The Hall–Kier alpha value is -0.670. The van der Waals surface area contributed by atoms with E-state index in [1.165, 1.54) is 12.1 Å². The lowest BCUT2D eigenvalue weighted by atomic mass is 9.98. The maximum atomic E-state index is 12.8. The van der Waals surface area contributed by atoms with Crippen molar-refractivity contribution in [2.24, 2.45) is 11.7 Å². The van der Waals surface area contributed by atoms with Crippen LogP contribution in [-0.2, 0) is 0 Å². The van der Waals surface area contributed by atoms with Gasteiger partial charge in [-0.05, 0) is 30.0 Å². The minimum absolute atomic E-state index is 0. The average Bonchev–Trinajstić information content (AvgIpc) is 2.08. The average molecular weight is 236 g/mol. The zero-order valence-electron chi connectivity index (χ0n) is 8.84. The van der Waals surface area contributed by atoms with Gasteiger partial charge >= 0.3 is 0 Å². The van der Waals surface area contributed by atoms with E-state index in [-0.39, 0.29) is 18.4 Å². The van der Waals surface area contributed by atoms with Crippen LogP contribution in [0.3, 0.4) is 0 Å². The Bertz CT molecular complexity index is 315. The minimum Gasteiger partial charge on any atom is -0.324 e. The first-order chi connectivity index (χ1) is 6.50. The molecule has 0 radical (unpaired) electrons. The molecular formula is C11H16ClF2N. The Morgan fingerprint density at radius 1 is 1.20 bits per heavy atom. The molecule has 0 amide bonds. The normalized spacial score (nSPS) is 12.4. The fourth-order valence-electron chi connectivity index (χ4n) is 1.39. The van der Waals surface area contributed by atoms with E-state index in [2.05, 4.69) is 0 Å². The van der Waals surface area contributed by atoms with Crippen molar-refractivity contribution in [3.63, 3.8) is 0 Å². The van der Waals surface area contributed by atoms with Crippen molar-refractivity contribution < 1.29 is 8.78 Å². The molecule has 1 rings (SSSR count). The molecule has 0 aliphatic heterocycles. The van der Waals surface area contributed by atoms with E-state index in [0.29, 0.717) is 11.5 Å². The molecule has 1 aromatic rings. The van der Waals surface area contributed by atoms with E-state index in [1.807, 2.05) is 13.8 Å². The van der Waals surface area contributed by atoms with Crippen LogP contribution in [0.15, 0.2) is 18.2 Å². The van der Waals surface area contributed by atoms with E-state index in [0.717, 1.165) is 12.5 Å². The third kappa shape index (κ3) is 4.14. The SMILES string of the molecule is CC(C)C[C@H](N)c1ccc(F)c(F)c1.Cl. The van der Waals surface area contributed by atoms with E-state index in [4.69, 9.17) is 5.73 Å². The van der Waals surface area contributed by atoms with Crippen LogP contribution < -0.4 is 5.73 Å². The molecule has 0 spiro atoms. The van der Waals surface area contributed by atoms with Crippen LogP contribution in [0.4, 0.5) is 8.78 Å². The monoisotopic (exact) mass is 235 g/mol. The number of hydrogen-bond acceptors (Lipinski definition) is 1. The summed E-state index contributed by atoms with van der Waals surface area (Å²) in [4.78, 5) is 0. The lowest BCUT2D eigenvalue weighted by Crippen LogP contribution is -2.13. The fraction of sp³-hybridized carbons (Fsp3) is 0.455. The molecule has 1 nitrogen and oxygen atoms in total. The number of hydrogen-bond donors (Lipinski definition) is 1. The van der Waals surface area contributed by atoms with Gasteiger partial charge in [0.25, 0.3) is 0 Å². The van der Waals surface area contributed by atoms with Crippen molar-refractivity contribution >= 4 is 12.4 Å². The fourth-order valence-corrected chi connectivity index (χ4v) is 1.39. The van der Waals surface area contributed by atoms with Gasteiger partial charge in [-0.1, -0.05) is 19.9 Å². The van der Waals surface area contributed by atoms with Crippen LogP contribution in [-0.4, -0.2) is 0 Å². The van der Waals surface area contributed by atoms with E-state index < -0.39 is 11.6 Å². The Morgan fingerprint density at radius 2 is 1.80 bits per heavy atom. The van der Waals surface area contributed by atoms with Crippen LogP contribution >= 0.6 is 12.4 Å². The van der Waals surface area contributed by atoms with Crippen LogP contribution in [0, 0.1) is 17.6 Å². The van der Waals surface area contributed by atoms with Crippen molar-refractivity contribution in [3.05, 3.63) is 35.4 Å². The molecule has 0 fully saturated rings. The highest BCUT2D eigenvalue weighted by Gasteiger charge is 2.10. The van der Waals surface area contributed by atoms with Crippen molar-refractivity contribution in [2.45, 2.75) is 26.3 Å². The zero-order chi connectivity index (χ0) is 10.7. The molecule has 4 heteroatoms. The molecule has 0 bridgehead atoms. The summed E-state index contributed by atoms with van der Waals surface area (Å²) in [6.07, 6.45) is 0.769. The largest absolute Gasteiger partial charge is 0.324 e. The molecule has 0 aliphatic carbocycles. The van der Waals surface area contributed by atoms with E-state index in [1.54, 1.807) is 0 Å². The minimum atomic E-state index is -0.832. The predicted octanol–water partition coefficient (Wildman–Crippen LogP) is 3.43. The predicted molar refractivity (Wildman–Crippen MR) is 60.0 cm³/mol. The third-order valence-electron chi connectivity index (χ3n) is 2.10. The highest BCUT2D eigenvalue weighted by Crippen LogP contribution is 2.20. The summed E-state index contributed by atoms with van der Waals surface area (Å²) in [6.45, 7) is 4.08. The molecule has 1 aromatic carbocycles. The molecule has 0 unspecified atom stereocenters. The number of benzene rings is 1. The van der Waals surface area contributed by atoms with Crippen molar-refractivity contribution in [3.8, 4) is 0 Å². The van der Waals surface area contributed by atoms with Crippen LogP contribution in [0.25, 0.3) is 0 Å². The van der Waals surface area contributed by atoms with Crippen molar-refractivity contribution in [2.75, 3.05) is 0 Å². The Balaban J connectivity index is 0.00000196. The van der Waals surface area contributed by atoms with Crippen molar-refractivity contribution in [1.82, 2.24) is 0 Å². The van der Waals surface area contributed by atoms with Gasteiger partial charge in [-0.25, -0.2) is 8.78 Å². The number of rotatable bonds is 3. The second kappa shape index (κ2) is 6.03. The van der Waals surface area contributed by atoms with Gasteiger partial charge in [-0.15, -0.1) is 12.4 Å². The Morgan fingerprint density at radius 3 is 2.27 bits per heavy atom. The van der Waals surface area contributed by atoms with E-state index >= 15 is 0 Å². The summed E-state index contributed by atoms with van der Waals surface area (Å²) < 4.78 is 25.5. The molecule has 86 valence electrons. The van der Waals surface area contributed by atoms with Crippen molar-refractivity contribution in [1.29, 1.82) is 0 Å². The summed E-state index contributed by atoms with van der Waals surface area (Å²) >= 11 is 0. The highest BCUT2D eigenvalue weighted by atomic mass is 35.5. The van der Waals surface area contributed by atoms with E-state index in [9.17, 15) is 8.78 Å². The summed E-state index contributed by atoms with van der Waals surface area (Å²) in [6, 6.07) is 3.60. The van der Waals surface area contributed by atoms with Gasteiger partial charge in [0, 0.05) is 6.04 Å². The van der Waals surface area contributed by atoms with Crippen LogP contribution in [0.2, 0.25) is 0 Å². The van der Waals surface area contributed by atoms with Gasteiger partial charge in [0.1, 0.15) is 0 Å². The summed E-state index contributed by atoms with van der Waals surface area (Å²) in [5.74, 6) is -1.22. The third-order valence-corrected chi connectivity index (χ3v) is 2.10. The maximum absolute atomic E-state index is 12.8. The topological polar surface area (TPSA) is 26.0 Å². The van der Waals surface area contributed by atoms with Gasteiger partial charge in [0.15, 0.2) is 11.6 Å². The standard InChI is InChI=1S/C11H15F2N.ClH/c1-7(2)5-11(14)8-3-4-9(12)10(13)6-8;/h3-4,6-7,11H,5,14H2,1-2H3;1H/t11-;/m0./s1. The smallest absolute Gasteiger partial charge is 0.159 e. The summed E-state index contributed by atoms with van der Waals surface area (Å²) in [5, 5.41) is 0. The van der Waals surface area contributed by atoms with Gasteiger partial charge in [-0.2, -0.15) is 0 Å². The van der Waals surface area contributed by atoms with Crippen LogP contribution in [0.1, 0.15) is 31.9 Å². The highest BCUT2D eigenvalue weighted by molar-refractivity contribution is 5.85. The first-order valence-electron chi connectivity index (χ1n) is 4.71. The molecule has 1 atom stereocenters. The second-order valence-electron chi connectivity index (χ2n) is 3.91. The van der Waals surface area contributed by atoms with Gasteiger partial charge < -0.3 is 5.73 Å². The molecule has 15 heavy (non-hydrogen) atoms. The molecule has 0 aromatic heterocycles. The molecule has 0 saturated carbocycles. The number of nitrogens with two attached hydrogens (primary N) is 1. The molecule has 2 N–H and O–H groups in total. The quantitative estimate of drug-likeness (QED) is 0.854. The molecular weight excluding hydrogens is 220 g/mol. The molecule has 0 aliphatic rings. The molecule has 0 heterocycles. The zero-order valence-corrected chi connectivity index (χ0v) is 9.65. The maximum Gasteiger partial charge on any atom is 0.159 e. The summed E-state index contributed by atoms with van der Waals surface area (Å²) in [7, 11) is 0. The lowest BCUT2D eigenvalue weighted by Gasteiger charge is -2.14. The van der Waals surface area contributed by atoms with Gasteiger partial charge in [0.05, 0.1) is 0 Å². The Labute approximate surface area is 95.1 Å². The lowest BCUT2D eigenvalue weighted by molar-refractivity contribution is 0.489. The second-order valence-corrected chi connectivity index (χ2v) is 3.91.